The molecule has 0 radical (unpaired) electrons. The van der Waals surface area contributed by atoms with Gasteiger partial charge in [-0.2, -0.15) is 0 Å². The Hall–Kier alpha value is -2.63. The third kappa shape index (κ3) is 5.25. The van der Waals surface area contributed by atoms with Gasteiger partial charge in [-0.25, -0.2) is 9.59 Å². The minimum Gasteiger partial charge on any atom is -0.462 e. The van der Waals surface area contributed by atoms with Crippen LogP contribution in [-0.4, -0.2) is 38.1 Å². The normalized spacial score (nSPS) is 9.74. The van der Waals surface area contributed by atoms with Crippen LogP contribution >= 0.6 is 0 Å². The molecule has 0 aliphatic carbocycles. The number of likely N-dealkylation sites (N-methyl/N-ethyl adjacent to an activating group) is 1. The smallest absolute Gasteiger partial charge is 0.345 e. The average molecular weight is 319 g/mol. The number of carbonyl (C=O) groups is 3. The fourth-order valence-corrected chi connectivity index (χ4v) is 1.80. The van der Waals surface area contributed by atoms with Gasteiger partial charge in [0.2, 0.25) is 0 Å². The Bertz CT molecular complexity index is 601. The third-order valence-electron chi connectivity index (χ3n) is 2.98. The van der Waals surface area contributed by atoms with Crippen molar-refractivity contribution < 1.29 is 23.9 Å². The monoisotopic (exact) mass is 319 g/mol. The Labute approximate surface area is 135 Å². The summed E-state index contributed by atoms with van der Waals surface area (Å²) in [6.45, 7) is 5.32. The summed E-state index contributed by atoms with van der Waals surface area (Å²) in [6, 6.07) is 7.30. The topological polar surface area (TPSA) is 72.9 Å². The second-order valence-electron chi connectivity index (χ2n) is 4.74. The van der Waals surface area contributed by atoms with Crippen molar-refractivity contribution in [1.82, 2.24) is 0 Å². The second-order valence-corrected chi connectivity index (χ2v) is 4.74. The quantitative estimate of drug-likeness (QED) is 0.347. The molecule has 0 aromatic heterocycles. The molecule has 0 bridgehead atoms. The summed E-state index contributed by atoms with van der Waals surface area (Å²) in [7, 11) is 1.56. The molecule has 1 rings (SSSR count). The summed E-state index contributed by atoms with van der Waals surface area (Å²) in [5, 5.41) is 0. The highest BCUT2D eigenvalue weighted by molar-refractivity contribution is 6.19. The Morgan fingerprint density at radius 2 is 1.65 bits per heavy atom. The minimum atomic E-state index is -0.878. The first-order chi connectivity index (χ1) is 10.9. The lowest BCUT2D eigenvalue weighted by Gasteiger charge is -2.16. The maximum atomic E-state index is 12.3. The zero-order valence-electron chi connectivity index (χ0n) is 13.8. The molecule has 0 aliphatic heterocycles. The molecule has 0 N–H and O–H groups in total. The minimum absolute atomic E-state index is 0.0947. The zero-order valence-corrected chi connectivity index (χ0v) is 13.8. The van der Waals surface area contributed by atoms with Gasteiger partial charge in [-0.05, 0) is 38.5 Å². The van der Waals surface area contributed by atoms with Crippen LogP contribution in [0.15, 0.2) is 35.9 Å². The summed E-state index contributed by atoms with van der Waals surface area (Å²) >= 11 is 0. The van der Waals surface area contributed by atoms with Gasteiger partial charge in [-0.15, -0.1) is 0 Å². The number of rotatable bonds is 6. The highest BCUT2D eigenvalue weighted by Crippen LogP contribution is 2.15. The number of anilines is 1. The molecular weight excluding hydrogens is 298 g/mol. The maximum absolute atomic E-state index is 12.3. The molecule has 0 fully saturated rings. The Morgan fingerprint density at radius 1 is 1.09 bits per heavy atom. The van der Waals surface area contributed by atoms with Crippen molar-refractivity contribution in [2.45, 2.75) is 20.8 Å². The Kier molecular flexibility index (Phi) is 6.99. The van der Waals surface area contributed by atoms with Crippen LogP contribution in [0.3, 0.4) is 0 Å². The number of aryl methyl sites for hydroxylation is 1. The van der Waals surface area contributed by atoms with Crippen LogP contribution in [0.25, 0.3) is 0 Å². The van der Waals surface area contributed by atoms with E-state index in [-0.39, 0.29) is 13.2 Å². The van der Waals surface area contributed by atoms with Crippen LogP contribution in [0.4, 0.5) is 5.69 Å². The fraction of sp³-hybridized carbons (Fsp3) is 0.353. The summed E-state index contributed by atoms with van der Waals surface area (Å²) in [5.41, 5.74) is 1.22. The van der Waals surface area contributed by atoms with E-state index in [4.69, 9.17) is 9.47 Å². The van der Waals surface area contributed by atoms with Gasteiger partial charge in [0, 0.05) is 18.8 Å². The molecule has 0 aliphatic rings. The number of hydrogen-bond donors (Lipinski definition) is 0. The van der Waals surface area contributed by atoms with Crippen LogP contribution in [-0.2, 0) is 23.9 Å². The van der Waals surface area contributed by atoms with Gasteiger partial charge in [0.05, 0.1) is 13.2 Å². The van der Waals surface area contributed by atoms with Gasteiger partial charge >= 0.3 is 11.9 Å². The highest BCUT2D eigenvalue weighted by Gasteiger charge is 2.23. The lowest BCUT2D eigenvalue weighted by molar-refractivity contribution is -0.146. The second kappa shape index (κ2) is 8.73. The molecule has 0 saturated carbocycles. The molecule has 1 amide bonds. The standard InChI is InChI=1S/C17H21NO5/c1-5-22-16(20)14(17(21)23-6-2)11-15(19)18(4)13-9-7-8-12(3)10-13/h7-11H,5-6H2,1-4H3. The number of hydrogen-bond acceptors (Lipinski definition) is 5. The number of carbonyl (C=O) groups excluding carboxylic acids is 3. The number of nitrogens with zero attached hydrogens (tertiary/aromatic N) is 1. The highest BCUT2D eigenvalue weighted by atomic mass is 16.6. The molecule has 0 heterocycles. The first kappa shape index (κ1) is 18.4. The SMILES string of the molecule is CCOC(=O)C(=CC(=O)N(C)c1cccc(C)c1)C(=O)OCC. The maximum Gasteiger partial charge on any atom is 0.345 e. The summed E-state index contributed by atoms with van der Waals surface area (Å²) in [4.78, 5) is 37.3. The number of esters is 2. The van der Waals surface area contributed by atoms with Crippen molar-refractivity contribution >= 4 is 23.5 Å². The fourth-order valence-electron chi connectivity index (χ4n) is 1.80. The number of amides is 1. The van der Waals surface area contributed by atoms with E-state index < -0.39 is 23.4 Å². The van der Waals surface area contributed by atoms with Gasteiger partial charge < -0.3 is 14.4 Å². The molecule has 124 valence electrons. The Morgan fingerprint density at radius 3 is 2.13 bits per heavy atom. The first-order valence-electron chi connectivity index (χ1n) is 7.31. The molecule has 1 aromatic carbocycles. The zero-order chi connectivity index (χ0) is 17.4. The van der Waals surface area contributed by atoms with E-state index in [1.807, 2.05) is 25.1 Å². The number of benzene rings is 1. The van der Waals surface area contributed by atoms with E-state index in [1.165, 1.54) is 4.90 Å². The number of ether oxygens (including phenoxy) is 2. The summed E-state index contributed by atoms with van der Waals surface area (Å²) in [5.74, 6) is -2.28. The summed E-state index contributed by atoms with van der Waals surface area (Å²) < 4.78 is 9.60. The first-order valence-corrected chi connectivity index (χ1v) is 7.31. The molecule has 0 saturated heterocycles. The lowest BCUT2D eigenvalue weighted by atomic mass is 10.2. The van der Waals surface area contributed by atoms with Crippen molar-refractivity contribution in [3.8, 4) is 0 Å². The molecule has 0 unspecified atom stereocenters. The van der Waals surface area contributed by atoms with Crippen molar-refractivity contribution in [3.05, 3.63) is 41.5 Å². The van der Waals surface area contributed by atoms with Crippen LogP contribution in [0.1, 0.15) is 19.4 Å². The van der Waals surface area contributed by atoms with Crippen LogP contribution in [0.2, 0.25) is 0 Å². The predicted octanol–water partition coefficient (Wildman–Crippen LogP) is 2.01. The van der Waals surface area contributed by atoms with Gasteiger partial charge in [0.25, 0.3) is 5.91 Å². The lowest BCUT2D eigenvalue weighted by Crippen LogP contribution is -2.27. The van der Waals surface area contributed by atoms with Gasteiger partial charge in [0.15, 0.2) is 0 Å². The van der Waals surface area contributed by atoms with E-state index in [1.54, 1.807) is 27.0 Å². The van der Waals surface area contributed by atoms with Crippen LogP contribution in [0, 0.1) is 6.92 Å². The van der Waals surface area contributed by atoms with E-state index >= 15 is 0 Å². The van der Waals surface area contributed by atoms with E-state index in [2.05, 4.69) is 0 Å². The predicted molar refractivity (Wildman–Crippen MR) is 85.9 cm³/mol. The Balaban J connectivity index is 3.06. The van der Waals surface area contributed by atoms with Crippen molar-refractivity contribution in [3.63, 3.8) is 0 Å². The third-order valence-corrected chi connectivity index (χ3v) is 2.98. The molecule has 0 spiro atoms. The summed E-state index contributed by atoms with van der Waals surface area (Å²) in [6.07, 6.45) is 0.943. The molecule has 6 heteroatoms. The van der Waals surface area contributed by atoms with E-state index in [0.29, 0.717) is 5.69 Å². The molecule has 6 nitrogen and oxygen atoms in total. The van der Waals surface area contributed by atoms with Crippen LogP contribution < -0.4 is 4.90 Å². The van der Waals surface area contributed by atoms with Gasteiger partial charge in [0.1, 0.15) is 5.57 Å². The van der Waals surface area contributed by atoms with Crippen molar-refractivity contribution in [2.24, 2.45) is 0 Å². The molecule has 0 atom stereocenters. The van der Waals surface area contributed by atoms with Crippen molar-refractivity contribution in [1.29, 1.82) is 0 Å². The van der Waals surface area contributed by atoms with Gasteiger partial charge in [-0.3, -0.25) is 4.79 Å². The van der Waals surface area contributed by atoms with E-state index in [9.17, 15) is 14.4 Å². The van der Waals surface area contributed by atoms with Crippen LogP contribution in [0.5, 0.6) is 0 Å². The van der Waals surface area contributed by atoms with E-state index in [0.717, 1.165) is 11.6 Å². The molecule has 1 aromatic rings. The van der Waals surface area contributed by atoms with Gasteiger partial charge in [-0.1, -0.05) is 12.1 Å². The largest absolute Gasteiger partial charge is 0.462 e. The molecule has 23 heavy (non-hydrogen) atoms. The average Bonchev–Trinajstić information content (AvgIpc) is 2.51. The van der Waals surface area contributed by atoms with Crippen molar-refractivity contribution in [2.75, 3.05) is 25.2 Å². The molecular formula is C17H21NO5.